The lowest BCUT2D eigenvalue weighted by Gasteiger charge is -1.96. The first kappa shape index (κ1) is 6.80. The number of benzene rings is 1. The molecule has 0 bridgehead atoms. The van der Waals surface area contributed by atoms with Crippen LogP contribution >= 0.6 is 0 Å². The molecule has 1 aromatic rings. The molecule has 1 aliphatic rings. The third kappa shape index (κ3) is 1.26. The minimum absolute atomic E-state index is 0.165. The van der Waals surface area contributed by atoms with Crippen molar-refractivity contribution in [1.82, 2.24) is 0 Å². The quantitative estimate of drug-likeness (QED) is 0.648. The van der Waals surface area contributed by atoms with Gasteiger partial charge in [0.05, 0.1) is 0 Å². The molecule has 1 aromatic carbocycles. The molecule has 11 heavy (non-hydrogen) atoms. The van der Waals surface area contributed by atoms with Gasteiger partial charge in [0, 0.05) is 12.0 Å². The van der Waals surface area contributed by atoms with Gasteiger partial charge in [-0.2, -0.15) is 0 Å². The number of hydrogen-bond acceptors (Lipinski definition) is 1. The molecule has 2 N–H and O–H groups in total. The maximum absolute atomic E-state index is 12.6. The molecule has 2 rings (SSSR count). The van der Waals surface area contributed by atoms with Gasteiger partial charge in [-0.15, -0.1) is 0 Å². The van der Waals surface area contributed by atoms with E-state index < -0.39 is 0 Å². The summed E-state index contributed by atoms with van der Waals surface area (Å²) in [6.45, 7) is 0. The molecule has 0 radical (unpaired) electrons. The van der Waals surface area contributed by atoms with Gasteiger partial charge in [0.15, 0.2) is 0 Å². The van der Waals surface area contributed by atoms with Crippen molar-refractivity contribution < 1.29 is 4.39 Å². The molecule has 1 saturated carbocycles. The highest BCUT2D eigenvalue weighted by Crippen LogP contribution is 2.38. The van der Waals surface area contributed by atoms with Crippen molar-refractivity contribution in [2.24, 2.45) is 5.73 Å². The zero-order chi connectivity index (χ0) is 7.84. The minimum atomic E-state index is -0.165. The number of rotatable bonds is 1. The summed E-state index contributed by atoms with van der Waals surface area (Å²) in [5.74, 6) is 0.243. The third-order valence-electron chi connectivity index (χ3n) is 2.12. The van der Waals surface area contributed by atoms with Crippen LogP contribution < -0.4 is 5.73 Å². The van der Waals surface area contributed by atoms with Crippen molar-refractivity contribution in [3.05, 3.63) is 35.6 Å². The summed E-state index contributed by atoms with van der Waals surface area (Å²) >= 11 is 0. The molecule has 1 fully saturated rings. The SMILES string of the molecule is N[C@@H]1CC1c1cccc(F)c1. The number of halogens is 1. The van der Waals surface area contributed by atoms with Gasteiger partial charge in [0.2, 0.25) is 0 Å². The topological polar surface area (TPSA) is 26.0 Å². The Morgan fingerprint density at radius 1 is 1.45 bits per heavy atom. The van der Waals surface area contributed by atoms with Gasteiger partial charge in [-0.3, -0.25) is 0 Å². The Balaban J connectivity index is 2.25. The molecule has 58 valence electrons. The van der Waals surface area contributed by atoms with Crippen molar-refractivity contribution in [1.29, 1.82) is 0 Å². The van der Waals surface area contributed by atoms with E-state index in [2.05, 4.69) is 0 Å². The Bertz CT molecular complexity index is 272. The van der Waals surface area contributed by atoms with Gasteiger partial charge >= 0.3 is 0 Å². The largest absolute Gasteiger partial charge is 0.327 e. The van der Waals surface area contributed by atoms with Crippen molar-refractivity contribution >= 4 is 0 Å². The maximum Gasteiger partial charge on any atom is 0.123 e. The second kappa shape index (κ2) is 2.31. The summed E-state index contributed by atoms with van der Waals surface area (Å²) in [5.41, 5.74) is 6.67. The molecule has 1 nitrogen and oxygen atoms in total. The average molecular weight is 151 g/mol. The van der Waals surface area contributed by atoms with E-state index in [9.17, 15) is 4.39 Å². The van der Waals surface area contributed by atoms with Crippen molar-refractivity contribution in [2.75, 3.05) is 0 Å². The van der Waals surface area contributed by atoms with Gasteiger partial charge in [0.1, 0.15) is 5.82 Å². The van der Waals surface area contributed by atoms with Gasteiger partial charge in [-0.05, 0) is 24.1 Å². The molecule has 0 aliphatic heterocycles. The number of hydrogen-bond donors (Lipinski definition) is 1. The molecule has 0 spiro atoms. The van der Waals surface area contributed by atoms with E-state index in [1.165, 1.54) is 6.07 Å². The molecule has 1 aliphatic carbocycles. The standard InChI is InChI=1S/C9H10FN/c10-7-3-1-2-6(4-7)8-5-9(8)11/h1-4,8-9H,5,11H2/t8?,9-/m1/s1. The average Bonchev–Trinajstić information content (AvgIpc) is 2.67. The fourth-order valence-corrected chi connectivity index (χ4v) is 1.34. The van der Waals surface area contributed by atoms with Crippen LogP contribution in [-0.2, 0) is 0 Å². The molecule has 0 saturated heterocycles. The fourth-order valence-electron chi connectivity index (χ4n) is 1.34. The molecular weight excluding hydrogens is 141 g/mol. The summed E-state index contributed by atoms with van der Waals surface area (Å²) in [4.78, 5) is 0. The highest BCUT2D eigenvalue weighted by molar-refractivity contribution is 5.27. The smallest absolute Gasteiger partial charge is 0.123 e. The van der Waals surface area contributed by atoms with Crippen LogP contribution in [0.5, 0.6) is 0 Å². The normalized spacial score (nSPS) is 28.5. The van der Waals surface area contributed by atoms with E-state index in [0.717, 1.165) is 12.0 Å². The van der Waals surface area contributed by atoms with E-state index in [1.54, 1.807) is 12.1 Å². The Hall–Kier alpha value is -0.890. The van der Waals surface area contributed by atoms with Crippen LogP contribution in [0, 0.1) is 5.82 Å². The predicted octanol–water partition coefficient (Wildman–Crippen LogP) is 1.64. The first-order valence-electron chi connectivity index (χ1n) is 3.78. The molecule has 2 atom stereocenters. The molecule has 2 heteroatoms. The van der Waals surface area contributed by atoms with Crippen molar-refractivity contribution in [3.63, 3.8) is 0 Å². The molecular formula is C9H10FN. The monoisotopic (exact) mass is 151 g/mol. The number of nitrogens with two attached hydrogens (primary N) is 1. The Kier molecular flexibility index (Phi) is 1.43. The fraction of sp³-hybridized carbons (Fsp3) is 0.333. The Morgan fingerprint density at radius 3 is 2.73 bits per heavy atom. The van der Waals surface area contributed by atoms with Gasteiger partial charge < -0.3 is 5.73 Å². The molecule has 0 heterocycles. The summed E-state index contributed by atoms with van der Waals surface area (Å²) in [5, 5.41) is 0. The molecule has 0 aromatic heterocycles. The minimum Gasteiger partial charge on any atom is -0.327 e. The van der Waals surface area contributed by atoms with Crippen LogP contribution in [-0.4, -0.2) is 6.04 Å². The Morgan fingerprint density at radius 2 is 2.18 bits per heavy atom. The van der Waals surface area contributed by atoms with E-state index in [4.69, 9.17) is 5.73 Å². The van der Waals surface area contributed by atoms with Crippen molar-refractivity contribution in [3.8, 4) is 0 Å². The van der Waals surface area contributed by atoms with Gasteiger partial charge in [-0.25, -0.2) is 4.39 Å². The molecule has 1 unspecified atom stereocenters. The maximum atomic E-state index is 12.6. The second-order valence-electron chi connectivity index (χ2n) is 3.06. The van der Waals surface area contributed by atoms with Gasteiger partial charge in [0.25, 0.3) is 0 Å². The van der Waals surface area contributed by atoms with E-state index in [1.807, 2.05) is 6.07 Å². The van der Waals surface area contributed by atoms with E-state index >= 15 is 0 Å². The summed E-state index contributed by atoms with van der Waals surface area (Å²) in [6, 6.07) is 6.95. The van der Waals surface area contributed by atoms with Crippen LogP contribution in [0.25, 0.3) is 0 Å². The first-order chi connectivity index (χ1) is 5.27. The predicted molar refractivity (Wildman–Crippen MR) is 41.7 cm³/mol. The van der Waals surface area contributed by atoms with Crippen LogP contribution in [0.2, 0.25) is 0 Å². The highest BCUT2D eigenvalue weighted by atomic mass is 19.1. The lowest BCUT2D eigenvalue weighted by molar-refractivity contribution is 0.625. The first-order valence-corrected chi connectivity index (χ1v) is 3.78. The second-order valence-corrected chi connectivity index (χ2v) is 3.06. The van der Waals surface area contributed by atoms with E-state index in [-0.39, 0.29) is 11.9 Å². The highest BCUT2D eigenvalue weighted by Gasteiger charge is 2.34. The zero-order valence-electron chi connectivity index (χ0n) is 6.13. The molecule has 0 amide bonds. The van der Waals surface area contributed by atoms with Crippen LogP contribution in [0.3, 0.4) is 0 Å². The zero-order valence-corrected chi connectivity index (χ0v) is 6.13. The lowest BCUT2D eigenvalue weighted by Crippen LogP contribution is -2.00. The van der Waals surface area contributed by atoms with Crippen LogP contribution in [0.4, 0.5) is 4.39 Å². The summed E-state index contributed by atoms with van der Waals surface area (Å²) in [7, 11) is 0. The summed E-state index contributed by atoms with van der Waals surface area (Å²) < 4.78 is 12.6. The van der Waals surface area contributed by atoms with Crippen molar-refractivity contribution in [2.45, 2.75) is 18.4 Å². The van der Waals surface area contributed by atoms with Crippen LogP contribution in [0.1, 0.15) is 17.9 Å². The lowest BCUT2D eigenvalue weighted by atomic mass is 10.1. The summed E-state index contributed by atoms with van der Waals surface area (Å²) in [6.07, 6.45) is 1.00. The van der Waals surface area contributed by atoms with E-state index in [0.29, 0.717) is 5.92 Å². The van der Waals surface area contributed by atoms with Gasteiger partial charge in [-0.1, -0.05) is 12.1 Å². The third-order valence-corrected chi connectivity index (χ3v) is 2.12. The van der Waals surface area contributed by atoms with Crippen LogP contribution in [0.15, 0.2) is 24.3 Å². The Labute approximate surface area is 65.0 Å².